The summed E-state index contributed by atoms with van der Waals surface area (Å²) in [5.74, 6) is -0.0489. The third kappa shape index (κ3) is 2.82. The Morgan fingerprint density at radius 1 is 1.38 bits per heavy atom. The predicted molar refractivity (Wildman–Crippen MR) is 63.3 cm³/mol. The molecule has 0 unspecified atom stereocenters. The van der Waals surface area contributed by atoms with Crippen molar-refractivity contribution in [3.05, 3.63) is 17.5 Å². The first-order valence-electron chi connectivity index (χ1n) is 5.38. The highest BCUT2D eigenvalue weighted by Gasteiger charge is 2.15. The van der Waals surface area contributed by atoms with Crippen LogP contribution in [0.25, 0.3) is 0 Å². The second-order valence-corrected chi connectivity index (χ2v) is 4.27. The zero-order valence-corrected chi connectivity index (χ0v) is 10.7. The lowest BCUT2D eigenvalue weighted by molar-refractivity contribution is 0.0821. The number of nitrogens with zero attached hydrogens (tertiary/aromatic N) is 4. The van der Waals surface area contributed by atoms with Crippen molar-refractivity contribution in [1.82, 2.24) is 19.6 Å². The monoisotopic (exact) mass is 224 g/mol. The molecule has 1 aromatic heterocycles. The number of hydrogen-bond acceptors (Lipinski definition) is 3. The molecule has 5 nitrogen and oxygen atoms in total. The number of aromatic nitrogens is 2. The van der Waals surface area contributed by atoms with Gasteiger partial charge >= 0.3 is 0 Å². The van der Waals surface area contributed by atoms with Crippen LogP contribution in [0.4, 0.5) is 0 Å². The summed E-state index contributed by atoms with van der Waals surface area (Å²) in [5, 5.41) is 4.30. The van der Waals surface area contributed by atoms with Crippen molar-refractivity contribution < 1.29 is 4.79 Å². The van der Waals surface area contributed by atoms with Crippen molar-refractivity contribution in [2.75, 3.05) is 28.2 Å². The van der Waals surface area contributed by atoms with Crippen LogP contribution in [0.5, 0.6) is 0 Å². The Kier molecular flexibility index (Phi) is 4.06. The molecular weight excluding hydrogens is 204 g/mol. The molecule has 0 aliphatic heterocycles. The fourth-order valence-corrected chi connectivity index (χ4v) is 1.51. The molecule has 1 heterocycles. The number of rotatable bonds is 4. The summed E-state index contributed by atoms with van der Waals surface area (Å²) in [6.07, 6.45) is 0. The van der Waals surface area contributed by atoms with Crippen molar-refractivity contribution >= 4 is 5.91 Å². The van der Waals surface area contributed by atoms with E-state index >= 15 is 0 Å². The van der Waals surface area contributed by atoms with E-state index in [0.717, 1.165) is 18.8 Å². The van der Waals surface area contributed by atoms with Gasteiger partial charge in [0.1, 0.15) is 0 Å². The first kappa shape index (κ1) is 12.7. The zero-order chi connectivity index (χ0) is 12.3. The van der Waals surface area contributed by atoms with Crippen molar-refractivity contribution in [1.29, 1.82) is 0 Å². The van der Waals surface area contributed by atoms with Gasteiger partial charge in [0, 0.05) is 27.2 Å². The second kappa shape index (κ2) is 5.12. The first-order chi connectivity index (χ1) is 7.45. The molecule has 16 heavy (non-hydrogen) atoms. The molecule has 0 radical (unpaired) electrons. The van der Waals surface area contributed by atoms with E-state index in [1.54, 1.807) is 19.0 Å². The van der Waals surface area contributed by atoms with Gasteiger partial charge in [-0.3, -0.25) is 9.48 Å². The lowest BCUT2D eigenvalue weighted by atomic mass is 10.3. The van der Waals surface area contributed by atoms with E-state index in [9.17, 15) is 4.79 Å². The standard InChI is InChI=1S/C11H20N4O/c1-6-15-9(8-13(2)3)7-10(12-15)11(16)14(4)5/h7H,6,8H2,1-5H3. The Bertz CT molecular complexity index is 368. The minimum atomic E-state index is -0.0489. The molecule has 0 atom stereocenters. The average Bonchev–Trinajstić information content (AvgIpc) is 2.58. The molecule has 0 aliphatic rings. The number of carbonyl (C=O) groups excluding carboxylic acids is 1. The summed E-state index contributed by atoms with van der Waals surface area (Å²) in [4.78, 5) is 15.4. The van der Waals surface area contributed by atoms with Gasteiger partial charge in [0.2, 0.25) is 0 Å². The van der Waals surface area contributed by atoms with E-state index in [1.165, 1.54) is 0 Å². The maximum absolute atomic E-state index is 11.7. The molecule has 0 fully saturated rings. The minimum absolute atomic E-state index is 0.0489. The molecule has 5 heteroatoms. The molecule has 0 saturated carbocycles. The number of amides is 1. The molecule has 0 aliphatic carbocycles. The minimum Gasteiger partial charge on any atom is -0.343 e. The van der Waals surface area contributed by atoms with E-state index in [-0.39, 0.29) is 5.91 Å². The van der Waals surface area contributed by atoms with Gasteiger partial charge in [-0.2, -0.15) is 5.10 Å². The van der Waals surface area contributed by atoms with Gasteiger partial charge in [-0.05, 0) is 27.1 Å². The molecule has 1 aromatic rings. The van der Waals surface area contributed by atoms with Crippen LogP contribution in [0.15, 0.2) is 6.07 Å². The third-order valence-corrected chi connectivity index (χ3v) is 2.27. The van der Waals surface area contributed by atoms with Crippen molar-refractivity contribution in [3.8, 4) is 0 Å². The number of hydrogen-bond donors (Lipinski definition) is 0. The molecule has 1 amide bonds. The van der Waals surface area contributed by atoms with Crippen LogP contribution in [-0.4, -0.2) is 53.7 Å². The maximum Gasteiger partial charge on any atom is 0.273 e. The van der Waals surface area contributed by atoms with Gasteiger partial charge in [-0.1, -0.05) is 0 Å². The predicted octanol–water partition coefficient (Wildman–Crippen LogP) is 0.666. The van der Waals surface area contributed by atoms with Gasteiger partial charge in [0.15, 0.2) is 5.69 Å². The molecule has 0 aromatic carbocycles. The van der Waals surface area contributed by atoms with Crippen molar-refractivity contribution in [3.63, 3.8) is 0 Å². The normalized spacial score (nSPS) is 10.9. The smallest absolute Gasteiger partial charge is 0.273 e. The highest BCUT2D eigenvalue weighted by molar-refractivity contribution is 5.92. The zero-order valence-electron chi connectivity index (χ0n) is 10.7. The van der Waals surface area contributed by atoms with Crippen LogP contribution in [0.2, 0.25) is 0 Å². The van der Waals surface area contributed by atoms with Gasteiger partial charge < -0.3 is 9.80 Å². The summed E-state index contributed by atoms with van der Waals surface area (Å²) in [7, 11) is 7.47. The van der Waals surface area contributed by atoms with Crippen molar-refractivity contribution in [2.24, 2.45) is 0 Å². The van der Waals surface area contributed by atoms with E-state index in [2.05, 4.69) is 10.00 Å². The van der Waals surface area contributed by atoms with Gasteiger partial charge in [0.25, 0.3) is 5.91 Å². The quantitative estimate of drug-likeness (QED) is 0.754. The van der Waals surface area contributed by atoms with Crippen LogP contribution < -0.4 is 0 Å². The molecule has 0 saturated heterocycles. The molecule has 1 rings (SSSR count). The molecule has 0 bridgehead atoms. The van der Waals surface area contributed by atoms with Crippen LogP contribution in [0.1, 0.15) is 23.1 Å². The Morgan fingerprint density at radius 2 is 2.00 bits per heavy atom. The third-order valence-electron chi connectivity index (χ3n) is 2.27. The summed E-state index contributed by atoms with van der Waals surface area (Å²) < 4.78 is 1.87. The van der Waals surface area contributed by atoms with Gasteiger partial charge in [0.05, 0.1) is 5.69 Å². The molecule has 0 spiro atoms. The molecular formula is C11H20N4O. The largest absolute Gasteiger partial charge is 0.343 e. The maximum atomic E-state index is 11.7. The fourth-order valence-electron chi connectivity index (χ4n) is 1.51. The van der Waals surface area contributed by atoms with Crippen LogP contribution in [0, 0.1) is 0 Å². The summed E-state index contributed by atoms with van der Waals surface area (Å²) >= 11 is 0. The first-order valence-corrected chi connectivity index (χ1v) is 5.38. The summed E-state index contributed by atoms with van der Waals surface area (Å²) in [6, 6.07) is 1.87. The van der Waals surface area contributed by atoms with E-state index in [1.807, 2.05) is 31.8 Å². The average molecular weight is 224 g/mol. The van der Waals surface area contributed by atoms with Gasteiger partial charge in [-0.15, -0.1) is 0 Å². The Balaban J connectivity index is 2.98. The van der Waals surface area contributed by atoms with E-state index < -0.39 is 0 Å². The summed E-state index contributed by atoms with van der Waals surface area (Å²) in [5.41, 5.74) is 1.58. The van der Waals surface area contributed by atoms with Gasteiger partial charge in [-0.25, -0.2) is 0 Å². The van der Waals surface area contributed by atoms with Crippen molar-refractivity contribution in [2.45, 2.75) is 20.0 Å². The Morgan fingerprint density at radius 3 is 2.44 bits per heavy atom. The number of carbonyl (C=O) groups is 1. The highest BCUT2D eigenvalue weighted by atomic mass is 16.2. The molecule has 90 valence electrons. The highest BCUT2D eigenvalue weighted by Crippen LogP contribution is 2.08. The number of aryl methyl sites for hydroxylation is 1. The SMILES string of the molecule is CCn1nc(C(=O)N(C)C)cc1CN(C)C. The summed E-state index contributed by atoms with van der Waals surface area (Å²) in [6.45, 7) is 3.60. The lowest BCUT2D eigenvalue weighted by Gasteiger charge is -2.10. The fraction of sp³-hybridized carbons (Fsp3) is 0.636. The lowest BCUT2D eigenvalue weighted by Crippen LogP contribution is -2.22. The second-order valence-electron chi connectivity index (χ2n) is 4.27. The van der Waals surface area contributed by atoms with E-state index in [0.29, 0.717) is 5.69 Å². The van der Waals surface area contributed by atoms with Crippen LogP contribution >= 0.6 is 0 Å². The Labute approximate surface area is 96.6 Å². The topological polar surface area (TPSA) is 41.4 Å². The van der Waals surface area contributed by atoms with Crippen LogP contribution in [0.3, 0.4) is 0 Å². The molecule has 0 N–H and O–H groups in total. The van der Waals surface area contributed by atoms with E-state index in [4.69, 9.17) is 0 Å². The Hall–Kier alpha value is -1.36. The van der Waals surface area contributed by atoms with Crippen LogP contribution in [-0.2, 0) is 13.1 Å².